The molecule has 0 spiro atoms. The van der Waals surface area contributed by atoms with Crippen LogP contribution >= 0.6 is 12.4 Å². The standard InChI is InChI=1S/C14H17F4NO.ClH/c15-11-6-5-9(14(16,17)18)7-10(11)12(19)13(20)8-3-1-2-4-8;/h5-8,12-13,20H,1-4,19H2;1H/t12-,13+;/m0./s1. The Morgan fingerprint density at radius 3 is 2.29 bits per heavy atom. The number of alkyl halides is 3. The minimum Gasteiger partial charge on any atom is -0.391 e. The van der Waals surface area contributed by atoms with E-state index in [1.54, 1.807) is 0 Å². The minimum absolute atomic E-state index is 0. The van der Waals surface area contributed by atoms with E-state index in [9.17, 15) is 22.7 Å². The third kappa shape index (κ3) is 4.08. The Morgan fingerprint density at radius 2 is 1.76 bits per heavy atom. The lowest BCUT2D eigenvalue weighted by molar-refractivity contribution is -0.137. The summed E-state index contributed by atoms with van der Waals surface area (Å²) in [6.45, 7) is 0. The summed E-state index contributed by atoms with van der Waals surface area (Å²) in [6, 6.07) is 0.978. The summed E-state index contributed by atoms with van der Waals surface area (Å²) in [5, 5.41) is 10.1. The van der Waals surface area contributed by atoms with E-state index in [4.69, 9.17) is 5.73 Å². The van der Waals surface area contributed by atoms with Crippen LogP contribution in [-0.4, -0.2) is 11.2 Å². The summed E-state index contributed by atoms with van der Waals surface area (Å²) >= 11 is 0. The van der Waals surface area contributed by atoms with E-state index < -0.39 is 29.7 Å². The van der Waals surface area contributed by atoms with Gasteiger partial charge in [-0.3, -0.25) is 0 Å². The number of aliphatic hydroxyl groups excluding tert-OH is 1. The van der Waals surface area contributed by atoms with E-state index in [0.717, 1.165) is 31.7 Å². The SMILES string of the molecule is Cl.N[C@@H](c1cc(C(F)(F)F)ccc1F)[C@H](O)C1CCCC1. The number of nitrogens with two attached hydrogens (primary N) is 1. The third-order valence-corrected chi connectivity index (χ3v) is 3.93. The normalized spacial score (nSPS) is 19.1. The van der Waals surface area contributed by atoms with Gasteiger partial charge in [-0.05, 0) is 37.0 Å². The molecule has 21 heavy (non-hydrogen) atoms. The van der Waals surface area contributed by atoms with Gasteiger partial charge < -0.3 is 10.8 Å². The predicted molar refractivity (Wildman–Crippen MR) is 73.5 cm³/mol. The van der Waals surface area contributed by atoms with Crippen LogP contribution in [0.5, 0.6) is 0 Å². The molecule has 1 saturated carbocycles. The molecule has 0 radical (unpaired) electrons. The lowest BCUT2D eigenvalue weighted by atomic mass is 9.90. The number of rotatable bonds is 3. The molecule has 7 heteroatoms. The maximum absolute atomic E-state index is 13.7. The van der Waals surface area contributed by atoms with Crippen molar-refractivity contribution in [1.82, 2.24) is 0 Å². The summed E-state index contributed by atoms with van der Waals surface area (Å²) in [7, 11) is 0. The van der Waals surface area contributed by atoms with Crippen molar-refractivity contribution in [2.75, 3.05) is 0 Å². The van der Waals surface area contributed by atoms with Gasteiger partial charge in [-0.15, -0.1) is 12.4 Å². The fourth-order valence-electron chi connectivity index (χ4n) is 2.75. The fraction of sp³-hybridized carbons (Fsp3) is 0.571. The van der Waals surface area contributed by atoms with E-state index in [-0.39, 0.29) is 23.9 Å². The molecule has 1 aliphatic carbocycles. The third-order valence-electron chi connectivity index (χ3n) is 3.93. The van der Waals surface area contributed by atoms with E-state index in [0.29, 0.717) is 12.1 Å². The van der Waals surface area contributed by atoms with Gasteiger partial charge in [-0.25, -0.2) is 4.39 Å². The maximum Gasteiger partial charge on any atom is 0.416 e. The number of hydrogen-bond donors (Lipinski definition) is 2. The van der Waals surface area contributed by atoms with Crippen molar-refractivity contribution in [2.45, 2.75) is 44.0 Å². The van der Waals surface area contributed by atoms with Gasteiger partial charge in [0.1, 0.15) is 5.82 Å². The highest BCUT2D eigenvalue weighted by Gasteiger charge is 2.34. The van der Waals surface area contributed by atoms with Crippen LogP contribution in [0.4, 0.5) is 17.6 Å². The molecule has 120 valence electrons. The first-order valence-corrected chi connectivity index (χ1v) is 6.61. The van der Waals surface area contributed by atoms with Gasteiger partial charge in [0.2, 0.25) is 0 Å². The molecular formula is C14H18ClF4NO. The van der Waals surface area contributed by atoms with Gasteiger partial charge in [0.25, 0.3) is 0 Å². The van der Waals surface area contributed by atoms with E-state index in [1.807, 2.05) is 0 Å². The smallest absolute Gasteiger partial charge is 0.391 e. The van der Waals surface area contributed by atoms with Crippen LogP contribution in [0.15, 0.2) is 18.2 Å². The molecule has 2 atom stereocenters. The second-order valence-corrected chi connectivity index (χ2v) is 5.29. The van der Waals surface area contributed by atoms with Gasteiger partial charge in [-0.1, -0.05) is 12.8 Å². The average Bonchev–Trinajstić information content (AvgIpc) is 2.90. The molecule has 0 unspecified atom stereocenters. The van der Waals surface area contributed by atoms with Crippen molar-refractivity contribution in [3.63, 3.8) is 0 Å². The Morgan fingerprint density at radius 1 is 1.19 bits per heavy atom. The molecule has 2 nitrogen and oxygen atoms in total. The molecule has 1 fully saturated rings. The second kappa shape index (κ2) is 6.94. The van der Waals surface area contributed by atoms with Crippen molar-refractivity contribution in [3.8, 4) is 0 Å². The molecule has 0 saturated heterocycles. The topological polar surface area (TPSA) is 46.2 Å². The van der Waals surface area contributed by atoms with Crippen LogP contribution in [0.1, 0.15) is 42.9 Å². The van der Waals surface area contributed by atoms with Crippen molar-refractivity contribution in [2.24, 2.45) is 11.7 Å². The van der Waals surface area contributed by atoms with E-state index in [2.05, 4.69) is 0 Å². The summed E-state index contributed by atoms with van der Waals surface area (Å²) < 4.78 is 51.6. The van der Waals surface area contributed by atoms with Crippen LogP contribution in [0.2, 0.25) is 0 Å². The molecule has 2 rings (SSSR count). The highest BCUT2D eigenvalue weighted by atomic mass is 35.5. The Labute approximate surface area is 126 Å². The van der Waals surface area contributed by atoms with Crippen LogP contribution in [0.25, 0.3) is 0 Å². The molecule has 3 N–H and O–H groups in total. The summed E-state index contributed by atoms with van der Waals surface area (Å²) in [4.78, 5) is 0. The molecule has 0 aromatic heterocycles. The molecular weight excluding hydrogens is 310 g/mol. The Kier molecular flexibility index (Phi) is 6.01. The number of benzene rings is 1. The average molecular weight is 328 g/mol. The minimum atomic E-state index is -4.56. The molecule has 0 amide bonds. The van der Waals surface area contributed by atoms with E-state index in [1.165, 1.54) is 0 Å². The van der Waals surface area contributed by atoms with Crippen molar-refractivity contribution < 1.29 is 22.7 Å². The van der Waals surface area contributed by atoms with Crippen molar-refractivity contribution in [3.05, 3.63) is 35.1 Å². The quantitative estimate of drug-likeness (QED) is 0.829. The molecule has 1 aromatic rings. The van der Waals surface area contributed by atoms with Crippen LogP contribution in [0.3, 0.4) is 0 Å². The van der Waals surface area contributed by atoms with E-state index >= 15 is 0 Å². The summed E-state index contributed by atoms with van der Waals surface area (Å²) in [5.74, 6) is -0.888. The molecule has 0 heterocycles. The van der Waals surface area contributed by atoms with Gasteiger partial charge in [0.15, 0.2) is 0 Å². The first kappa shape index (κ1) is 18.2. The number of aliphatic hydroxyl groups is 1. The zero-order chi connectivity index (χ0) is 14.9. The zero-order valence-electron chi connectivity index (χ0n) is 11.2. The highest BCUT2D eigenvalue weighted by molar-refractivity contribution is 5.85. The first-order valence-electron chi connectivity index (χ1n) is 6.61. The largest absolute Gasteiger partial charge is 0.416 e. The van der Waals surface area contributed by atoms with Gasteiger partial charge in [0, 0.05) is 5.56 Å². The van der Waals surface area contributed by atoms with Gasteiger partial charge in [0.05, 0.1) is 17.7 Å². The molecule has 1 aliphatic rings. The van der Waals surface area contributed by atoms with Crippen LogP contribution in [-0.2, 0) is 6.18 Å². The maximum atomic E-state index is 13.7. The van der Waals surface area contributed by atoms with Gasteiger partial charge >= 0.3 is 6.18 Å². The second-order valence-electron chi connectivity index (χ2n) is 5.29. The van der Waals surface area contributed by atoms with Crippen molar-refractivity contribution >= 4 is 12.4 Å². The molecule has 0 bridgehead atoms. The lowest BCUT2D eigenvalue weighted by Gasteiger charge is -2.25. The Bertz CT molecular complexity index is 475. The summed E-state index contributed by atoms with van der Waals surface area (Å²) in [5.41, 5.74) is 4.54. The zero-order valence-corrected chi connectivity index (χ0v) is 12.1. The highest BCUT2D eigenvalue weighted by Crippen LogP contribution is 2.35. The fourth-order valence-corrected chi connectivity index (χ4v) is 2.75. The van der Waals surface area contributed by atoms with Crippen LogP contribution < -0.4 is 5.73 Å². The lowest BCUT2D eigenvalue weighted by Crippen LogP contribution is -2.32. The first-order chi connectivity index (χ1) is 9.30. The summed E-state index contributed by atoms with van der Waals surface area (Å²) in [6.07, 6.45) is -2.11. The predicted octanol–water partition coefficient (Wildman–Crippen LogP) is 3.82. The van der Waals surface area contributed by atoms with Gasteiger partial charge in [-0.2, -0.15) is 13.2 Å². The Balaban J connectivity index is 0.00000220. The Hall–Kier alpha value is -0.850. The molecule has 0 aliphatic heterocycles. The monoisotopic (exact) mass is 327 g/mol. The molecule has 1 aromatic carbocycles. The van der Waals surface area contributed by atoms with Crippen molar-refractivity contribution in [1.29, 1.82) is 0 Å². The number of halogens is 5. The van der Waals surface area contributed by atoms with Crippen LogP contribution in [0, 0.1) is 11.7 Å². The number of hydrogen-bond acceptors (Lipinski definition) is 2.